The molecule has 0 spiro atoms. The van der Waals surface area contributed by atoms with Crippen molar-refractivity contribution in [3.63, 3.8) is 0 Å². The minimum absolute atomic E-state index is 0.102. The van der Waals surface area contributed by atoms with Crippen molar-refractivity contribution in [2.75, 3.05) is 39.6 Å². The van der Waals surface area contributed by atoms with Crippen LogP contribution in [0.2, 0.25) is 0 Å². The van der Waals surface area contributed by atoms with Crippen molar-refractivity contribution in [2.24, 2.45) is 23.7 Å². The quantitative estimate of drug-likeness (QED) is 0.0222. The molecule has 0 aromatic heterocycles. The summed E-state index contributed by atoms with van der Waals surface area (Å²) < 4.78 is 68.2. The lowest BCUT2D eigenvalue weighted by molar-refractivity contribution is -0.161. The Labute approximate surface area is 543 Å². The molecule has 19 heteroatoms. The number of rotatable bonds is 67. The highest BCUT2D eigenvalue weighted by molar-refractivity contribution is 7.47. The van der Waals surface area contributed by atoms with Gasteiger partial charge in [0.15, 0.2) is 12.2 Å². The Morgan fingerprint density at radius 1 is 0.315 bits per heavy atom. The van der Waals surface area contributed by atoms with E-state index in [0.29, 0.717) is 31.6 Å². The number of phosphoric ester groups is 2. The number of aliphatic hydroxyl groups excluding tert-OH is 1. The highest BCUT2D eigenvalue weighted by Gasteiger charge is 2.30. The Balaban J connectivity index is 5.20. The SMILES string of the molecule is CCC(C)CCCCCCCCC(=O)O[C@H](COC(=O)CCCCCCCCCCCC(C)C)COP(=O)(O)OCC(O)COP(=O)(O)OC[C@@H](COC(=O)CCCCCCCCC(C)C)OC(=O)CCCCCCCCCCCCCCCCCC(C)C. The highest BCUT2D eigenvalue weighted by atomic mass is 31.2. The summed E-state index contributed by atoms with van der Waals surface area (Å²) in [5, 5.41) is 10.6. The van der Waals surface area contributed by atoms with Crippen molar-refractivity contribution in [2.45, 2.75) is 363 Å². The molecule has 6 atom stereocenters. The summed E-state index contributed by atoms with van der Waals surface area (Å²) in [4.78, 5) is 72.5. The van der Waals surface area contributed by atoms with Crippen LogP contribution in [0.25, 0.3) is 0 Å². The number of carbonyl (C=O) groups is 4. The van der Waals surface area contributed by atoms with Gasteiger partial charge in [-0.1, -0.05) is 293 Å². The maximum atomic E-state index is 13.0. The van der Waals surface area contributed by atoms with Crippen LogP contribution in [-0.4, -0.2) is 96.7 Å². The first-order valence-corrected chi connectivity index (χ1v) is 39.2. The van der Waals surface area contributed by atoms with E-state index >= 15 is 0 Å². The Kier molecular flexibility index (Phi) is 58.5. The summed E-state index contributed by atoms with van der Waals surface area (Å²) in [7, 11) is -9.90. The third-order valence-electron chi connectivity index (χ3n) is 16.4. The van der Waals surface area contributed by atoms with Crippen LogP contribution in [0.5, 0.6) is 0 Å². The first-order valence-electron chi connectivity index (χ1n) is 36.2. The normalized spacial score (nSPS) is 14.6. The third-order valence-corrected chi connectivity index (χ3v) is 18.3. The van der Waals surface area contributed by atoms with E-state index in [-0.39, 0.29) is 25.7 Å². The van der Waals surface area contributed by atoms with Gasteiger partial charge in [-0.25, -0.2) is 9.13 Å². The van der Waals surface area contributed by atoms with Gasteiger partial charge < -0.3 is 33.8 Å². The number of phosphoric acid groups is 2. The molecule has 528 valence electrons. The fourth-order valence-corrected chi connectivity index (χ4v) is 12.0. The second-order valence-corrected chi connectivity index (χ2v) is 29.8. The van der Waals surface area contributed by atoms with Gasteiger partial charge in [-0.15, -0.1) is 0 Å². The lowest BCUT2D eigenvalue weighted by Crippen LogP contribution is -2.30. The summed E-state index contributed by atoms with van der Waals surface area (Å²) >= 11 is 0. The summed E-state index contributed by atoms with van der Waals surface area (Å²) in [5.74, 6) is 0.812. The molecule has 0 heterocycles. The first kappa shape index (κ1) is 87.1. The number of carbonyl (C=O) groups excluding carboxylic acids is 4. The second kappa shape index (κ2) is 59.8. The number of aliphatic hydroxyl groups is 1. The molecule has 0 aliphatic rings. The molecule has 0 aliphatic carbocycles. The molecule has 0 rings (SSSR count). The van der Waals surface area contributed by atoms with Crippen LogP contribution in [0.3, 0.4) is 0 Å². The highest BCUT2D eigenvalue weighted by Crippen LogP contribution is 2.45. The molecule has 0 aromatic carbocycles. The van der Waals surface area contributed by atoms with Gasteiger partial charge in [0.2, 0.25) is 0 Å². The predicted molar refractivity (Wildman–Crippen MR) is 358 cm³/mol. The van der Waals surface area contributed by atoms with Crippen LogP contribution in [0, 0.1) is 23.7 Å². The molecule has 4 unspecified atom stereocenters. The van der Waals surface area contributed by atoms with Gasteiger partial charge >= 0.3 is 39.5 Å². The van der Waals surface area contributed by atoms with Crippen molar-refractivity contribution in [3.05, 3.63) is 0 Å². The number of ether oxygens (including phenoxy) is 4. The number of unbranched alkanes of at least 4 members (excludes halogenated alkanes) is 32. The van der Waals surface area contributed by atoms with Crippen LogP contribution in [0.1, 0.15) is 344 Å². The van der Waals surface area contributed by atoms with Crippen LogP contribution in [-0.2, 0) is 65.4 Å². The Morgan fingerprint density at radius 2 is 0.539 bits per heavy atom. The zero-order valence-electron chi connectivity index (χ0n) is 58.1. The molecule has 89 heavy (non-hydrogen) atoms. The molecule has 0 aromatic rings. The summed E-state index contributed by atoms with van der Waals surface area (Å²) in [6.07, 6.45) is 41.9. The molecule has 0 aliphatic heterocycles. The summed E-state index contributed by atoms with van der Waals surface area (Å²) in [6.45, 7) is 14.0. The monoisotopic (exact) mass is 1310 g/mol. The first-order chi connectivity index (χ1) is 42.6. The molecular formula is C70H136O17P2. The van der Waals surface area contributed by atoms with Gasteiger partial charge in [0.1, 0.15) is 19.3 Å². The minimum Gasteiger partial charge on any atom is -0.462 e. The maximum Gasteiger partial charge on any atom is 0.472 e. The molecule has 0 saturated carbocycles. The standard InChI is InChI=1S/C70H136O17P2/c1-9-63(8)49-41-33-27-29-37-45-53-70(75)87-66(56-80-67(72)50-42-34-24-21-17-19-23-31-39-47-61(4)5)59-85-89(78,79)83-55-64(71)54-82-88(76,77)84-58-65(57-81-68(73)51-43-35-28-26-32-40-48-62(6)7)86-69(74)52-44-36-25-20-16-14-12-10-11-13-15-18-22-30-38-46-60(2)3/h60-66,71H,9-59H2,1-8H3,(H,76,77)(H,78,79)/t63?,64?,65-,66-/m1/s1. The minimum atomic E-state index is -4.95. The third kappa shape index (κ3) is 63.2. The molecular weight excluding hydrogens is 1170 g/mol. The van der Waals surface area contributed by atoms with Gasteiger partial charge in [0.25, 0.3) is 0 Å². The molecule has 0 amide bonds. The number of esters is 4. The van der Waals surface area contributed by atoms with Crippen LogP contribution < -0.4 is 0 Å². The smallest absolute Gasteiger partial charge is 0.462 e. The topological polar surface area (TPSA) is 237 Å². The average Bonchev–Trinajstić information content (AvgIpc) is 3.65. The van der Waals surface area contributed by atoms with E-state index in [9.17, 15) is 43.2 Å². The number of hydrogen-bond acceptors (Lipinski definition) is 15. The summed E-state index contributed by atoms with van der Waals surface area (Å²) in [5.41, 5.74) is 0. The molecule has 0 bridgehead atoms. The maximum absolute atomic E-state index is 13.0. The second-order valence-electron chi connectivity index (χ2n) is 26.9. The molecule has 0 fully saturated rings. The Morgan fingerprint density at radius 3 is 0.798 bits per heavy atom. The van der Waals surface area contributed by atoms with Crippen molar-refractivity contribution in [3.8, 4) is 0 Å². The van der Waals surface area contributed by atoms with Crippen molar-refractivity contribution < 1.29 is 80.2 Å². The average molecular weight is 1310 g/mol. The molecule has 17 nitrogen and oxygen atoms in total. The largest absolute Gasteiger partial charge is 0.472 e. The zero-order chi connectivity index (χ0) is 66.1. The lowest BCUT2D eigenvalue weighted by atomic mass is 10.00. The Hall–Kier alpha value is -1.94. The number of hydrogen-bond donors (Lipinski definition) is 3. The van der Waals surface area contributed by atoms with Crippen LogP contribution in [0.4, 0.5) is 0 Å². The Bertz CT molecular complexity index is 1770. The zero-order valence-corrected chi connectivity index (χ0v) is 59.8. The van der Waals surface area contributed by atoms with E-state index in [1.165, 1.54) is 141 Å². The molecule has 0 saturated heterocycles. The lowest BCUT2D eigenvalue weighted by Gasteiger charge is -2.21. The summed E-state index contributed by atoms with van der Waals surface area (Å²) in [6, 6.07) is 0. The van der Waals surface area contributed by atoms with Crippen molar-refractivity contribution >= 4 is 39.5 Å². The van der Waals surface area contributed by atoms with Gasteiger partial charge in [-0.2, -0.15) is 0 Å². The van der Waals surface area contributed by atoms with E-state index < -0.39 is 97.5 Å². The van der Waals surface area contributed by atoms with Crippen LogP contribution in [0.15, 0.2) is 0 Å². The molecule has 3 N–H and O–H groups in total. The van der Waals surface area contributed by atoms with E-state index in [2.05, 4.69) is 55.4 Å². The van der Waals surface area contributed by atoms with E-state index in [0.717, 1.165) is 114 Å². The molecule has 0 radical (unpaired) electrons. The van der Waals surface area contributed by atoms with Gasteiger partial charge in [-0.3, -0.25) is 37.3 Å². The van der Waals surface area contributed by atoms with Gasteiger partial charge in [0.05, 0.1) is 26.4 Å². The van der Waals surface area contributed by atoms with E-state index in [1.807, 2.05) is 0 Å². The van der Waals surface area contributed by atoms with Gasteiger partial charge in [-0.05, 0) is 49.4 Å². The van der Waals surface area contributed by atoms with Crippen molar-refractivity contribution in [1.82, 2.24) is 0 Å². The van der Waals surface area contributed by atoms with E-state index in [1.54, 1.807) is 0 Å². The van der Waals surface area contributed by atoms with Gasteiger partial charge in [0, 0.05) is 25.7 Å². The fraction of sp³-hybridized carbons (Fsp3) is 0.943. The van der Waals surface area contributed by atoms with Crippen molar-refractivity contribution in [1.29, 1.82) is 0 Å². The van der Waals surface area contributed by atoms with E-state index in [4.69, 9.17) is 37.0 Å². The predicted octanol–water partition coefficient (Wildman–Crippen LogP) is 19.7. The van der Waals surface area contributed by atoms with Crippen LogP contribution >= 0.6 is 15.6 Å². The fourth-order valence-electron chi connectivity index (χ4n) is 10.5.